The van der Waals surface area contributed by atoms with Gasteiger partial charge in [-0.15, -0.1) is 16.4 Å². The second-order valence-corrected chi connectivity index (χ2v) is 3.52. The number of aromatic nitrogens is 5. The summed E-state index contributed by atoms with van der Waals surface area (Å²) in [6, 6.07) is 0. The average molecular weight is 225 g/mol. The number of tetrazole rings is 1. The Bertz CT molecular complexity index is 489. The largest absolute Gasteiger partial charge is 0.375 e. The number of nitrogens with one attached hydrogen (secondary N) is 1. The van der Waals surface area contributed by atoms with Gasteiger partial charge in [0.1, 0.15) is 5.69 Å². The highest BCUT2D eigenvalue weighted by Crippen LogP contribution is 2.11. The van der Waals surface area contributed by atoms with Crippen molar-refractivity contribution in [1.82, 2.24) is 25.2 Å². The number of aryl methyl sites for hydroxylation is 1. The molecule has 0 atom stereocenters. The summed E-state index contributed by atoms with van der Waals surface area (Å²) in [5.41, 5.74) is 5.63. The zero-order valence-corrected chi connectivity index (χ0v) is 8.52. The Hall–Kier alpha value is -2.03. The second kappa shape index (κ2) is 3.61. The van der Waals surface area contributed by atoms with Gasteiger partial charge >= 0.3 is 0 Å². The fourth-order valence-corrected chi connectivity index (χ4v) is 1.43. The van der Waals surface area contributed by atoms with Gasteiger partial charge in [0.25, 0.3) is 11.9 Å². The molecule has 0 bridgehead atoms. The summed E-state index contributed by atoms with van der Waals surface area (Å²) in [7, 11) is 1.60. The van der Waals surface area contributed by atoms with E-state index in [0.29, 0.717) is 5.13 Å². The zero-order chi connectivity index (χ0) is 10.8. The Kier molecular flexibility index (Phi) is 2.29. The van der Waals surface area contributed by atoms with E-state index < -0.39 is 5.91 Å². The first kappa shape index (κ1) is 9.52. The van der Waals surface area contributed by atoms with Crippen LogP contribution in [0.5, 0.6) is 0 Å². The molecule has 0 saturated carbocycles. The van der Waals surface area contributed by atoms with Crippen LogP contribution in [0.3, 0.4) is 0 Å². The summed E-state index contributed by atoms with van der Waals surface area (Å²) in [6.07, 6.45) is 0. The van der Waals surface area contributed by atoms with Crippen molar-refractivity contribution in [1.29, 1.82) is 0 Å². The van der Waals surface area contributed by atoms with E-state index in [1.54, 1.807) is 12.4 Å². The number of rotatable bonds is 2. The Morgan fingerprint density at radius 3 is 3.00 bits per heavy atom. The lowest BCUT2D eigenvalue weighted by Crippen LogP contribution is -2.13. The molecule has 0 spiro atoms. The highest BCUT2D eigenvalue weighted by molar-refractivity contribution is 7.13. The molecule has 3 N–H and O–H groups in total. The van der Waals surface area contributed by atoms with E-state index in [0.717, 1.165) is 0 Å². The normalized spacial score (nSPS) is 10.2. The molecule has 2 heterocycles. The molecule has 2 aromatic rings. The maximum Gasteiger partial charge on any atom is 0.277 e. The van der Waals surface area contributed by atoms with Crippen molar-refractivity contribution >= 4 is 28.3 Å². The molecule has 0 fully saturated rings. The fraction of sp³-hybridized carbons (Fsp3) is 0.167. The molecule has 0 aliphatic carbocycles. The van der Waals surface area contributed by atoms with Crippen molar-refractivity contribution in [2.45, 2.75) is 0 Å². The molecular formula is C6H7N7OS. The van der Waals surface area contributed by atoms with E-state index in [1.807, 2.05) is 0 Å². The first-order chi connectivity index (χ1) is 7.15. The minimum Gasteiger partial charge on any atom is -0.375 e. The number of anilines is 2. The van der Waals surface area contributed by atoms with Crippen LogP contribution in [-0.4, -0.2) is 31.1 Å². The molecule has 1 amide bonds. The number of carbonyl (C=O) groups is 1. The van der Waals surface area contributed by atoms with Crippen molar-refractivity contribution in [2.75, 3.05) is 11.1 Å². The molecule has 9 heteroatoms. The van der Waals surface area contributed by atoms with Crippen LogP contribution in [0.1, 0.15) is 10.5 Å². The van der Waals surface area contributed by atoms with E-state index in [1.165, 1.54) is 16.1 Å². The van der Waals surface area contributed by atoms with Gasteiger partial charge in [0.05, 0.1) is 7.05 Å². The SMILES string of the molecule is Cn1nnc(NC(=O)c2csc(N)n2)n1. The number of hydrogen-bond acceptors (Lipinski definition) is 7. The minimum absolute atomic E-state index is 0.133. The summed E-state index contributed by atoms with van der Waals surface area (Å²) in [6.45, 7) is 0. The van der Waals surface area contributed by atoms with Crippen LogP contribution in [-0.2, 0) is 7.05 Å². The third-order valence-corrected chi connectivity index (χ3v) is 2.16. The topological polar surface area (TPSA) is 112 Å². The standard InChI is InChI=1S/C6H7N7OS/c1-13-11-6(10-12-13)9-4(14)3-2-15-5(7)8-3/h2H,1H3,(H2,7,8)(H,9,11,14). The van der Waals surface area contributed by atoms with Crippen LogP contribution in [0.25, 0.3) is 0 Å². The monoisotopic (exact) mass is 225 g/mol. The van der Waals surface area contributed by atoms with Crippen molar-refractivity contribution in [3.05, 3.63) is 11.1 Å². The van der Waals surface area contributed by atoms with Gasteiger partial charge in [0.2, 0.25) is 0 Å². The number of hydrogen-bond donors (Lipinski definition) is 2. The number of thiazole rings is 1. The van der Waals surface area contributed by atoms with Gasteiger partial charge in [0, 0.05) is 5.38 Å². The molecule has 0 radical (unpaired) electrons. The van der Waals surface area contributed by atoms with Gasteiger partial charge in [-0.05, 0) is 5.21 Å². The van der Waals surface area contributed by atoms with Crippen LogP contribution in [0, 0.1) is 0 Å². The summed E-state index contributed by atoms with van der Waals surface area (Å²) < 4.78 is 0. The molecule has 2 rings (SSSR count). The predicted octanol–water partition coefficient (Wildman–Crippen LogP) is -0.499. The molecular weight excluding hydrogens is 218 g/mol. The minimum atomic E-state index is -0.407. The van der Waals surface area contributed by atoms with Gasteiger partial charge in [0.15, 0.2) is 5.13 Å². The van der Waals surface area contributed by atoms with Crippen LogP contribution >= 0.6 is 11.3 Å². The molecule has 0 saturated heterocycles. The Morgan fingerprint density at radius 2 is 2.47 bits per heavy atom. The Labute approximate surface area is 88.1 Å². The van der Waals surface area contributed by atoms with Crippen LogP contribution in [0.2, 0.25) is 0 Å². The first-order valence-electron chi connectivity index (χ1n) is 3.91. The quantitative estimate of drug-likeness (QED) is 0.712. The van der Waals surface area contributed by atoms with Crippen molar-refractivity contribution in [2.24, 2.45) is 7.05 Å². The summed E-state index contributed by atoms with van der Waals surface area (Å²) in [4.78, 5) is 16.6. The molecule has 15 heavy (non-hydrogen) atoms. The van der Waals surface area contributed by atoms with E-state index in [9.17, 15) is 4.79 Å². The highest BCUT2D eigenvalue weighted by Gasteiger charge is 2.12. The third kappa shape index (κ3) is 2.07. The van der Waals surface area contributed by atoms with E-state index in [4.69, 9.17) is 5.73 Å². The van der Waals surface area contributed by atoms with Gasteiger partial charge in [-0.3, -0.25) is 10.1 Å². The number of nitrogens with two attached hydrogens (primary N) is 1. The van der Waals surface area contributed by atoms with Crippen LogP contribution < -0.4 is 11.1 Å². The molecule has 0 aliphatic rings. The molecule has 0 aliphatic heterocycles. The number of amides is 1. The summed E-state index contributed by atoms with van der Waals surface area (Å²) >= 11 is 1.19. The zero-order valence-electron chi connectivity index (χ0n) is 7.71. The van der Waals surface area contributed by atoms with E-state index >= 15 is 0 Å². The van der Waals surface area contributed by atoms with Crippen molar-refractivity contribution < 1.29 is 4.79 Å². The van der Waals surface area contributed by atoms with Gasteiger partial charge < -0.3 is 5.73 Å². The lowest BCUT2D eigenvalue weighted by molar-refractivity contribution is 0.102. The van der Waals surface area contributed by atoms with E-state index in [2.05, 4.69) is 25.7 Å². The van der Waals surface area contributed by atoms with Gasteiger partial charge in [-0.1, -0.05) is 5.10 Å². The van der Waals surface area contributed by atoms with Gasteiger partial charge in [-0.25, -0.2) is 4.98 Å². The molecule has 0 unspecified atom stereocenters. The Morgan fingerprint density at radius 1 is 1.67 bits per heavy atom. The maximum absolute atomic E-state index is 11.5. The molecule has 8 nitrogen and oxygen atoms in total. The summed E-state index contributed by atoms with van der Waals surface area (Å²) in [5, 5.41) is 15.3. The maximum atomic E-state index is 11.5. The third-order valence-electron chi connectivity index (χ3n) is 1.49. The molecule has 78 valence electrons. The first-order valence-corrected chi connectivity index (χ1v) is 4.79. The lowest BCUT2D eigenvalue weighted by Gasteiger charge is -1.94. The lowest BCUT2D eigenvalue weighted by atomic mass is 10.5. The second-order valence-electron chi connectivity index (χ2n) is 2.63. The molecule has 2 aromatic heterocycles. The average Bonchev–Trinajstić information content (AvgIpc) is 2.75. The van der Waals surface area contributed by atoms with Crippen molar-refractivity contribution in [3.63, 3.8) is 0 Å². The van der Waals surface area contributed by atoms with Gasteiger partial charge in [-0.2, -0.15) is 4.80 Å². The number of carbonyl (C=O) groups excluding carboxylic acids is 1. The number of nitrogens with zero attached hydrogens (tertiary/aromatic N) is 5. The van der Waals surface area contributed by atoms with Crippen LogP contribution in [0.15, 0.2) is 5.38 Å². The highest BCUT2D eigenvalue weighted by atomic mass is 32.1. The Balaban J connectivity index is 2.10. The van der Waals surface area contributed by atoms with Crippen molar-refractivity contribution in [3.8, 4) is 0 Å². The van der Waals surface area contributed by atoms with E-state index in [-0.39, 0.29) is 11.6 Å². The van der Waals surface area contributed by atoms with Crippen LogP contribution in [0.4, 0.5) is 11.1 Å². The predicted molar refractivity (Wildman–Crippen MR) is 53.3 cm³/mol. The summed E-state index contributed by atoms with van der Waals surface area (Å²) in [5.74, 6) is -0.273. The fourth-order valence-electron chi connectivity index (χ4n) is 0.892. The smallest absolute Gasteiger partial charge is 0.277 e. The number of nitrogen functional groups attached to an aromatic ring is 1. The molecule has 0 aromatic carbocycles.